The van der Waals surface area contributed by atoms with E-state index in [1.807, 2.05) is 0 Å². The number of hydrazone groups is 1. The lowest BCUT2D eigenvalue weighted by molar-refractivity contribution is -0.385. The maximum Gasteiger partial charge on any atom is 0.270 e. The van der Waals surface area contributed by atoms with Crippen molar-refractivity contribution in [3.05, 3.63) is 79.9 Å². The minimum absolute atomic E-state index is 0.0176. The molecule has 2 aromatic rings. The molecule has 1 heterocycles. The van der Waals surface area contributed by atoms with Gasteiger partial charge in [-0.25, -0.2) is 0 Å². The summed E-state index contributed by atoms with van der Waals surface area (Å²) in [7, 11) is 0. The molecule has 0 aliphatic carbocycles. The van der Waals surface area contributed by atoms with E-state index >= 15 is 0 Å². The number of nitrogens with zero attached hydrogens (tertiary/aromatic N) is 3. The lowest BCUT2D eigenvalue weighted by Gasteiger charge is -2.09. The third-order valence-corrected chi connectivity index (χ3v) is 3.65. The molecular weight excluding hydrogens is 300 g/mol. The summed E-state index contributed by atoms with van der Waals surface area (Å²) in [6.45, 7) is 0. The van der Waals surface area contributed by atoms with Gasteiger partial charge in [-0.15, -0.1) is 0 Å². The zero-order valence-corrected chi connectivity index (χ0v) is 11.9. The van der Waals surface area contributed by atoms with Gasteiger partial charge >= 0.3 is 0 Å². The Morgan fingerprint density at radius 3 is 2.35 bits per heavy atom. The van der Waals surface area contributed by atoms with Crippen molar-refractivity contribution in [1.29, 1.82) is 0 Å². The molecule has 0 unspecified atom stereocenters. The monoisotopic (exact) mass is 312 g/mol. The largest absolute Gasteiger partial charge is 0.302 e. The average Bonchev–Trinajstić information content (AvgIpc) is 3.05. The van der Waals surface area contributed by atoms with Crippen LogP contribution in [-0.2, 0) is 0 Å². The van der Waals surface area contributed by atoms with E-state index in [-0.39, 0.29) is 17.4 Å². The maximum atomic E-state index is 10.8. The Labute approximate surface area is 130 Å². The van der Waals surface area contributed by atoms with Gasteiger partial charge in [0.25, 0.3) is 11.4 Å². The molecule has 1 aliphatic heterocycles. The summed E-state index contributed by atoms with van der Waals surface area (Å²) < 4.78 is 0. The highest BCUT2D eigenvalue weighted by Crippen LogP contribution is 2.27. The first-order valence-corrected chi connectivity index (χ1v) is 6.86. The van der Waals surface area contributed by atoms with Crippen molar-refractivity contribution in [2.45, 2.75) is 12.5 Å². The van der Waals surface area contributed by atoms with Crippen LogP contribution in [0.25, 0.3) is 0 Å². The summed E-state index contributed by atoms with van der Waals surface area (Å²) in [5, 5.41) is 25.7. The fraction of sp³-hybridized carbons (Fsp3) is 0.133. The Bertz CT molecular complexity index is 801. The highest BCUT2D eigenvalue weighted by atomic mass is 16.6. The number of hydrogen-bond acceptors (Lipinski definition) is 6. The first-order chi connectivity index (χ1) is 11.0. The van der Waals surface area contributed by atoms with Gasteiger partial charge in [0.2, 0.25) is 0 Å². The molecule has 0 aromatic heterocycles. The molecule has 2 aromatic carbocycles. The van der Waals surface area contributed by atoms with E-state index in [1.165, 1.54) is 24.3 Å². The average molecular weight is 312 g/mol. The van der Waals surface area contributed by atoms with Gasteiger partial charge in [-0.1, -0.05) is 24.3 Å². The van der Waals surface area contributed by atoms with Crippen LogP contribution < -0.4 is 5.43 Å². The van der Waals surface area contributed by atoms with Crippen LogP contribution >= 0.6 is 0 Å². The molecule has 8 nitrogen and oxygen atoms in total. The normalized spacial score (nSPS) is 16.5. The Morgan fingerprint density at radius 1 is 1.00 bits per heavy atom. The maximum absolute atomic E-state index is 10.8. The molecule has 116 valence electrons. The number of nitro benzene ring substituents is 2. The number of benzene rings is 2. The van der Waals surface area contributed by atoms with Crippen LogP contribution in [0.5, 0.6) is 0 Å². The van der Waals surface area contributed by atoms with E-state index in [4.69, 9.17) is 0 Å². The molecule has 0 bridgehead atoms. The number of hydrogen-bond donors (Lipinski definition) is 1. The summed E-state index contributed by atoms with van der Waals surface area (Å²) in [6, 6.07) is 12.5. The predicted octanol–water partition coefficient (Wildman–Crippen LogP) is 2.94. The predicted molar refractivity (Wildman–Crippen MR) is 83.2 cm³/mol. The third kappa shape index (κ3) is 3.00. The number of rotatable bonds is 4. The molecule has 0 saturated heterocycles. The van der Waals surface area contributed by atoms with E-state index in [0.717, 1.165) is 11.3 Å². The molecule has 0 radical (unpaired) electrons. The smallest absolute Gasteiger partial charge is 0.270 e. The number of non-ortho nitro benzene ring substituents is 2. The van der Waals surface area contributed by atoms with E-state index in [2.05, 4.69) is 10.5 Å². The molecular formula is C15H12N4O4. The Kier molecular flexibility index (Phi) is 3.71. The molecule has 8 heteroatoms. The molecule has 0 saturated carbocycles. The van der Waals surface area contributed by atoms with Gasteiger partial charge in [0, 0.05) is 36.2 Å². The topological polar surface area (TPSA) is 111 Å². The number of nitrogens with one attached hydrogen (secondary N) is 1. The Morgan fingerprint density at radius 2 is 1.70 bits per heavy atom. The highest BCUT2D eigenvalue weighted by molar-refractivity contribution is 6.02. The molecule has 0 spiro atoms. The van der Waals surface area contributed by atoms with Crippen LogP contribution in [0.4, 0.5) is 11.4 Å². The van der Waals surface area contributed by atoms with Crippen molar-refractivity contribution in [2.24, 2.45) is 5.10 Å². The zero-order valence-electron chi connectivity index (χ0n) is 11.9. The van der Waals surface area contributed by atoms with Gasteiger partial charge in [-0.3, -0.25) is 20.2 Å². The van der Waals surface area contributed by atoms with Crippen molar-refractivity contribution in [3.63, 3.8) is 0 Å². The van der Waals surface area contributed by atoms with Crippen molar-refractivity contribution in [2.75, 3.05) is 0 Å². The third-order valence-electron chi connectivity index (χ3n) is 3.65. The van der Waals surface area contributed by atoms with Gasteiger partial charge in [0.05, 0.1) is 21.6 Å². The summed E-state index contributed by atoms with van der Waals surface area (Å²) in [5.41, 5.74) is 5.30. The highest BCUT2D eigenvalue weighted by Gasteiger charge is 2.22. The van der Waals surface area contributed by atoms with Crippen LogP contribution in [0, 0.1) is 20.2 Å². The van der Waals surface area contributed by atoms with E-state index in [1.54, 1.807) is 24.3 Å². The van der Waals surface area contributed by atoms with Gasteiger partial charge in [-0.2, -0.15) is 5.10 Å². The second-order valence-electron chi connectivity index (χ2n) is 5.10. The SMILES string of the molecule is O=[N+]([O-])c1ccc([C@@H]2CC(c3cccc([N+](=O)[O-])c3)=NN2)cc1. The van der Waals surface area contributed by atoms with Crippen molar-refractivity contribution >= 4 is 17.1 Å². The van der Waals surface area contributed by atoms with Gasteiger partial charge in [0.1, 0.15) is 0 Å². The van der Waals surface area contributed by atoms with Gasteiger partial charge in [0.15, 0.2) is 0 Å². The molecule has 23 heavy (non-hydrogen) atoms. The van der Waals surface area contributed by atoms with Crippen molar-refractivity contribution in [3.8, 4) is 0 Å². The fourth-order valence-electron chi connectivity index (χ4n) is 2.44. The molecule has 1 aliphatic rings. The lowest BCUT2D eigenvalue weighted by atomic mass is 9.99. The summed E-state index contributed by atoms with van der Waals surface area (Å²) in [6.07, 6.45) is 0.555. The summed E-state index contributed by atoms with van der Waals surface area (Å²) in [4.78, 5) is 20.6. The molecule has 1 atom stereocenters. The van der Waals surface area contributed by atoms with E-state index in [9.17, 15) is 20.2 Å². The Balaban J connectivity index is 1.76. The van der Waals surface area contributed by atoms with Crippen LogP contribution in [0.15, 0.2) is 53.6 Å². The van der Waals surface area contributed by atoms with Gasteiger partial charge < -0.3 is 5.43 Å². The first kappa shape index (κ1) is 14.6. The van der Waals surface area contributed by atoms with Gasteiger partial charge in [-0.05, 0) is 5.56 Å². The van der Waals surface area contributed by atoms with E-state index in [0.29, 0.717) is 12.0 Å². The summed E-state index contributed by atoms with van der Waals surface area (Å²) in [5.74, 6) is 0. The quantitative estimate of drug-likeness (QED) is 0.689. The summed E-state index contributed by atoms with van der Waals surface area (Å²) >= 11 is 0. The lowest BCUT2D eigenvalue weighted by Crippen LogP contribution is -2.09. The molecule has 1 N–H and O–H groups in total. The fourth-order valence-corrected chi connectivity index (χ4v) is 2.44. The number of nitro groups is 2. The molecule has 0 fully saturated rings. The van der Waals surface area contributed by atoms with Crippen LogP contribution in [-0.4, -0.2) is 15.6 Å². The second-order valence-corrected chi connectivity index (χ2v) is 5.10. The van der Waals surface area contributed by atoms with Crippen molar-refractivity contribution in [1.82, 2.24) is 5.43 Å². The van der Waals surface area contributed by atoms with Crippen molar-refractivity contribution < 1.29 is 9.85 Å². The van der Waals surface area contributed by atoms with E-state index < -0.39 is 9.85 Å². The minimum atomic E-state index is -0.448. The first-order valence-electron chi connectivity index (χ1n) is 6.86. The molecule has 3 rings (SSSR count). The Hall–Kier alpha value is -3.29. The second kappa shape index (κ2) is 5.84. The van der Waals surface area contributed by atoms with Crippen LogP contribution in [0.1, 0.15) is 23.6 Å². The zero-order chi connectivity index (χ0) is 16.4. The molecule has 0 amide bonds. The minimum Gasteiger partial charge on any atom is -0.302 e. The standard InChI is InChI=1S/C15H12N4O4/c20-18(21)12-6-4-10(5-7-12)14-9-15(17-16-14)11-2-1-3-13(8-11)19(22)23/h1-8,14,16H,9H2/t14-/m0/s1. The van der Waals surface area contributed by atoms with Crippen LogP contribution in [0.2, 0.25) is 0 Å². The van der Waals surface area contributed by atoms with Crippen LogP contribution in [0.3, 0.4) is 0 Å².